The Morgan fingerprint density at radius 1 is 1.25 bits per heavy atom. The van der Waals surface area contributed by atoms with E-state index < -0.39 is 30.0 Å². The molecule has 0 heterocycles. The quantitative estimate of drug-likeness (QED) is 0.635. The van der Waals surface area contributed by atoms with E-state index in [1.54, 1.807) is 0 Å². The van der Waals surface area contributed by atoms with Crippen molar-refractivity contribution in [3.05, 3.63) is 23.8 Å². The van der Waals surface area contributed by atoms with E-state index in [4.69, 9.17) is 5.73 Å². The molecule has 16 heavy (non-hydrogen) atoms. The van der Waals surface area contributed by atoms with E-state index in [0.717, 1.165) is 19.2 Å². The first-order valence-electron chi connectivity index (χ1n) is 4.23. The molecule has 2 N–H and O–H groups in total. The number of nitrogens with two attached hydrogens (primary N) is 1. The summed E-state index contributed by atoms with van der Waals surface area (Å²) >= 11 is 0. The van der Waals surface area contributed by atoms with Crippen LogP contribution in [0, 0.1) is 11.6 Å². The van der Waals surface area contributed by atoms with Crippen LogP contribution in [0.15, 0.2) is 12.1 Å². The molecule has 0 bridgehead atoms. The summed E-state index contributed by atoms with van der Waals surface area (Å²) in [6.07, 6.45) is -4.51. The summed E-state index contributed by atoms with van der Waals surface area (Å²) in [5, 5.41) is 0. The minimum Gasteiger partial charge on any atom is -0.397 e. The lowest BCUT2D eigenvalue weighted by Crippen LogP contribution is -2.32. The van der Waals surface area contributed by atoms with Crippen LogP contribution < -0.4 is 10.6 Å². The maximum atomic E-state index is 13.2. The summed E-state index contributed by atoms with van der Waals surface area (Å²) in [5.74, 6) is -2.62. The highest BCUT2D eigenvalue weighted by atomic mass is 19.4. The molecule has 0 spiro atoms. The van der Waals surface area contributed by atoms with Crippen LogP contribution in [0.2, 0.25) is 0 Å². The van der Waals surface area contributed by atoms with Gasteiger partial charge in [0.05, 0.1) is 11.4 Å². The van der Waals surface area contributed by atoms with E-state index in [1.165, 1.54) is 0 Å². The summed E-state index contributed by atoms with van der Waals surface area (Å²) in [6, 6.07) is 1.77. The smallest absolute Gasteiger partial charge is 0.397 e. The molecule has 0 aromatic heterocycles. The van der Waals surface area contributed by atoms with Crippen LogP contribution >= 0.6 is 0 Å². The van der Waals surface area contributed by atoms with E-state index in [9.17, 15) is 22.0 Å². The monoisotopic (exact) mass is 240 g/mol. The molecule has 7 heteroatoms. The zero-order valence-corrected chi connectivity index (χ0v) is 8.28. The number of benzene rings is 1. The van der Waals surface area contributed by atoms with Gasteiger partial charge in [0, 0.05) is 7.05 Å². The van der Waals surface area contributed by atoms with Gasteiger partial charge in [-0.2, -0.15) is 13.2 Å². The molecule has 1 aromatic rings. The second-order valence-corrected chi connectivity index (χ2v) is 3.27. The predicted octanol–water partition coefficient (Wildman–Crippen LogP) is 2.55. The molecule has 2 nitrogen and oxygen atoms in total. The zero-order chi connectivity index (χ0) is 12.5. The minimum atomic E-state index is -4.51. The fourth-order valence-electron chi connectivity index (χ4n) is 1.29. The Morgan fingerprint density at radius 3 is 2.31 bits per heavy atom. The minimum absolute atomic E-state index is 0.245. The second-order valence-electron chi connectivity index (χ2n) is 3.27. The molecule has 90 valence electrons. The topological polar surface area (TPSA) is 29.3 Å². The van der Waals surface area contributed by atoms with Crippen molar-refractivity contribution in [1.29, 1.82) is 0 Å². The molecule has 0 aliphatic heterocycles. The molecule has 1 rings (SSSR count). The number of rotatable bonds is 2. The van der Waals surface area contributed by atoms with E-state index in [-0.39, 0.29) is 5.69 Å². The van der Waals surface area contributed by atoms with Gasteiger partial charge < -0.3 is 10.6 Å². The van der Waals surface area contributed by atoms with Crippen LogP contribution in [-0.2, 0) is 0 Å². The Balaban J connectivity index is 3.08. The largest absolute Gasteiger partial charge is 0.405 e. The number of alkyl halides is 3. The van der Waals surface area contributed by atoms with Crippen molar-refractivity contribution in [2.75, 3.05) is 24.2 Å². The SMILES string of the molecule is CN(CC(F)(F)F)c1c(N)ccc(F)c1F. The van der Waals surface area contributed by atoms with Gasteiger partial charge in [-0.05, 0) is 12.1 Å². The third-order valence-electron chi connectivity index (χ3n) is 1.90. The lowest BCUT2D eigenvalue weighted by Gasteiger charge is -2.22. The fourth-order valence-corrected chi connectivity index (χ4v) is 1.29. The number of hydrogen-bond donors (Lipinski definition) is 1. The molecule has 0 aliphatic carbocycles. The molecule has 0 amide bonds. The third-order valence-corrected chi connectivity index (χ3v) is 1.90. The summed E-state index contributed by atoms with van der Waals surface area (Å²) in [4.78, 5) is 0.522. The van der Waals surface area contributed by atoms with Crippen molar-refractivity contribution in [3.8, 4) is 0 Å². The van der Waals surface area contributed by atoms with Crippen molar-refractivity contribution in [2.45, 2.75) is 6.18 Å². The van der Waals surface area contributed by atoms with Gasteiger partial charge in [-0.15, -0.1) is 0 Å². The number of hydrogen-bond acceptors (Lipinski definition) is 2. The lowest BCUT2D eigenvalue weighted by atomic mass is 10.2. The molecule has 0 unspecified atom stereocenters. The molecule has 0 aliphatic rings. The average Bonchev–Trinajstić information content (AvgIpc) is 2.09. The van der Waals surface area contributed by atoms with Crippen molar-refractivity contribution in [2.24, 2.45) is 0 Å². The van der Waals surface area contributed by atoms with Gasteiger partial charge in [0.25, 0.3) is 0 Å². The van der Waals surface area contributed by atoms with Gasteiger partial charge in [-0.25, -0.2) is 8.78 Å². The first kappa shape index (κ1) is 12.5. The van der Waals surface area contributed by atoms with E-state index in [1.807, 2.05) is 0 Å². The number of nitrogen functional groups attached to an aromatic ring is 1. The summed E-state index contributed by atoms with van der Waals surface area (Å²) in [7, 11) is 0.988. The first-order valence-corrected chi connectivity index (χ1v) is 4.23. The Bertz CT molecular complexity index is 388. The van der Waals surface area contributed by atoms with Gasteiger partial charge >= 0.3 is 6.18 Å². The average molecular weight is 240 g/mol. The van der Waals surface area contributed by atoms with Gasteiger partial charge in [0.1, 0.15) is 6.54 Å². The highest BCUT2D eigenvalue weighted by molar-refractivity contribution is 5.68. The Labute approximate surface area is 88.5 Å². The molecule has 0 fully saturated rings. The third kappa shape index (κ3) is 2.74. The van der Waals surface area contributed by atoms with Gasteiger partial charge in [-0.3, -0.25) is 0 Å². The standard InChI is InChI=1S/C9H9F5N2/c1-16(4-9(12,13)14)8-6(15)3-2-5(10)7(8)11/h2-3H,4,15H2,1H3. The van der Waals surface area contributed by atoms with Crippen molar-refractivity contribution < 1.29 is 22.0 Å². The molecule has 0 radical (unpaired) electrons. The van der Waals surface area contributed by atoms with Crippen LogP contribution in [0.1, 0.15) is 0 Å². The fraction of sp³-hybridized carbons (Fsp3) is 0.333. The van der Waals surface area contributed by atoms with Crippen LogP contribution in [0.5, 0.6) is 0 Å². The Kier molecular flexibility index (Phi) is 3.25. The molecule has 0 atom stereocenters. The van der Waals surface area contributed by atoms with Crippen LogP contribution in [-0.4, -0.2) is 19.8 Å². The number of nitrogens with zero attached hydrogens (tertiary/aromatic N) is 1. The number of halogens is 5. The number of anilines is 2. The van der Waals surface area contributed by atoms with E-state index in [2.05, 4.69) is 0 Å². The van der Waals surface area contributed by atoms with E-state index in [0.29, 0.717) is 4.90 Å². The first-order chi connectivity index (χ1) is 7.22. The molecule has 0 saturated heterocycles. The molecular weight excluding hydrogens is 231 g/mol. The normalized spacial score (nSPS) is 11.6. The highest BCUT2D eigenvalue weighted by Crippen LogP contribution is 2.29. The maximum absolute atomic E-state index is 13.2. The van der Waals surface area contributed by atoms with Crippen molar-refractivity contribution >= 4 is 11.4 Å². The van der Waals surface area contributed by atoms with E-state index >= 15 is 0 Å². The zero-order valence-electron chi connectivity index (χ0n) is 8.28. The highest BCUT2D eigenvalue weighted by Gasteiger charge is 2.31. The Morgan fingerprint density at radius 2 is 1.81 bits per heavy atom. The Hall–Kier alpha value is -1.53. The van der Waals surface area contributed by atoms with Crippen LogP contribution in [0.25, 0.3) is 0 Å². The maximum Gasteiger partial charge on any atom is 0.405 e. The summed E-state index contributed by atoms with van der Waals surface area (Å²) < 4.78 is 62.2. The van der Waals surface area contributed by atoms with Crippen LogP contribution in [0.3, 0.4) is 0 Å². The molecular formula is C9H9F5N2. The molecule has 0 saturated carbocycles. The second kappa shape index (κ2) is 4.15. The summed E-state index contributed by atoms with van der Waals surface area (Å²) in [6.45, 7) is -1.41. The van der Waals surface area contributed by atoms with Gasteiger partial charge in [0.15, 0.2) is 11.6 Å². The van der Waals surface area contributed by atoms with Crippen LogP contribution in [0.4, 0.5) is 33.3 Å². The predicted molar refractivity (Wildman–Crippen MR) is 50.1 cm³/mol. The van der Waals surface area contributed by atoms with Gasteiger partial charge in [-0.1, -0.05) is 0 Å². The molecule has 1 aromatic carbocycles. The lowest BCUT2D eigenvalue weighted by molar-refractivity contribution is -0.119. The van der Waals surface area contributed by atoms with Crippen molar-refractivity contribution in [1.82, 2.24) is 0 Å². The summed E-state index contributed by atoms with van der Waals surface area (Å²) in [5.41, 5.74) is 4.46. The van der Waals surface area contributed by atoms with Gasteiger partial charge in [0.2, 0.25) is 0 Å². The van der Waals surface area contributed by atoms with Crippen molar-refractivity contribution in [3.63, 3.8) is 0 Å².